The number of hydrogen-bond donors (Lipinski definition) is 0. The fourth-order valence-electron chi connectivity index (χ4n) is 3.55. The molecule has 1 aliphatic rings. The second-order valence-electron chi connectivity index (χ2n) is 7.82. The predicted octanol–water partition coefficient (Wildman–Crippen LogP) is 6.60. The van der Waals surface area contributed by atoms with Gasteiger partial charge in [0.2, 0.25) is 0 Å². The van der Waals surface area contributed by atoms with E-state index < -0.39 is 21.9 Å². The summed E-state index contributed by atoms with van der Waals surface area (Å²) < 4.78 is 25.7. The van der Waals surface area contributed by atoms with Crippen LogP contribution < -0.4 is 9.47 Å². The first kappa shape index (κ1) is 26.2. The summed E-state index contributed by atoms with van der Waals surface area (Å²) in [5, 5.41) is 10.6. The average Bonchev–Trinajstić information content (AvgIpc) is 3.13. The van der Waals surface area contributed by atoms with Crippen LogP contribution in [0.5, 0.6) is 11.5 Å². The molecule has 11 heteroatoms. The van der Waals surface area contributed by atoms with Crippen molar-refractivity contribution in [2.45, 2.75) is 20.1 Å². The van der Waals surface area contributed by atoms with E-state index in [-0.39, 0.29) is 34.3 Å². The third-order valence-electron chi connectivity index (χ3n) is 5.33. The first-order valence-corrected chi connectivity index (χ1v) is 12.3. The number of nitro groups is 1. The second kappa shape index (κ2) is 11.4. The van der Waals surface area contributed by atoms with Gasteiger partial charge in [-0.25, -0.2) is 4.39 Å². The molecule has 4 rings (SSSR count). The van der Waals surface area contributed by atoms with E-state index in [1.807, 2.05) is 0 Å². The number of carbonyl (C=O) groups excluding carboxylic acids is 2. The molecular formula is C26H20ClFN2O6S. The molecule has 37 heavy (non-hydrogen) atoms. The Hall–Kier alpha value is -3.89. The Morgan fingerprint density at radius 3 is 2.59 bits per heavy atom. The van der Waals surface area contributed by atoms with Crippen molar-refractivity contribution in [3.8, 4) is 11.5 Å². The number of carbonyl (C=O) groups is 2. The van der Waals surface area contributed by atoms with Gasteiger partial charge in [-0.3, -0.25) is 24.6 Å². The van der Waals surface area contributed by atoms with E-state index >= 15 is 0 Å². The van der Waals surface area contributed by atoms with Gasteiger partial charge in [0.15, 0.2) is 11.5 Å². The van der Waals surface area contributed by atoms with Crippen LogP contribution in [0.3, 0.4) is 0 Å². The fourth-order valence-corrected chi connectivity index (χ4v) is 4.61. The van der Waals surface area contributed by atoms with Gasteiger partial charge in [0.25, 0.3) is 16.8 Å². The van der Waals surface area contributed by atoms with Crippen LogP contribution in [0.25, 0.3) is 6.08 Å². The van der Waals surface area contributed by atoms with Crippen LogP contribution in [0, 0.1) is 15.9 Å². The second-order valence-corrected chi connectivity index (χ2v) is 9.22. The summed E-state index contributed by atoms with van der Waals surface area (Å²) in [6, 6.07) is 15.3. The summed E-state index contributed by atoms with van der Waals surface area (Å²) in [5.74, 6) is -0.345. The monoisotopic (exact) mass is 542 g/mol. The average molecular weight is 543 g/mol. The normalized spacial score (nSPS) is 14.4. The van der Waals surface area contributed by atoms with Gasteiger partial charge >= 0.3 is 0 Å². The molecule has 3 aromatic carbocycles. The number of halogens is 2. The molecule has 0 atom stereocenters. The number of hydrogen-bond acceptors (Lipinski definition) is 7. The highest BCUT2D eigenvalue weighted by Gasteiger charge is 2.36. The number of non-ortho nitro benzene ring substituents is 1. The summed E-state index contributed by atoms with van der Waals surface area (Å²) in [6.07, 6.45) is 1.54. The number of nitrogens with zero attached hydrogens (tertiary/aromatic N) is 2. The Morgan fingerprint density at radius 1 is 1.08 bits per heavy atom. The molecule has 0 aliphatic carbocycles. The molecule has 1 aliphatic heterocycles. The van der Waals surface area contributed by atoms with Crippen molar-refractivity contribution in [1.29, 1.82) is 0 Å². The summed E-state index contributed by atoms with van der Waals surface area (Å²) in [7, 11) is 0. The molecule has 0 radical (unpaired) electrons. The van der Waals surface area contributed by atoms with Crippen molar-refractivity contribution in [3.63, 3.8) is 0 Å². The summed E-state index contributed by atoms with van der Waals surface area (Å²) in [6.45, 7) is 1.95. The molecule has 2 amide bonds. The Bertz CT molecular complexity index is 1390. The van der Waals surface area contributed by atoms with Gasteiger partial charge in [0.05, 0.1) is 23.0 Å². The minimum atomic E-state index is -0.599. The number of ether oxygens (including phenoxy) is 2. The SMILES string of the molecule is CCOc1cc(/C=C2\SC(=O)N(Cc3c(F)cccc3Cl)C2=O)ccc1OCc1cccc([N+](=O)[O-])c1. The van der Waals surface area contributed by atoms with E-state index in [2.05, 4.69) is 0 Å². The highest BCUT2D eigenvalue weighted by molar-refractivity contribution is 8.18. The van der Waals surface area contributed by atoms with E-state index in [4.69, 9.17) is 21.1 Å². The van der Waals surface area contributed by atoms with Gasteiger partial charge in [0.1, 0.15) is 12.4 Å². The third kappa shape index (κ3) is 6.10. The maximum absolute atomic E-state index is 14.2. The molecule has 0 aromatic heterocycles. The molecule has 3 aromatic rings. The van der Waals surface area contributed by atoms with Crippen molar-refractivity contribution < 1.29 is 28.4 Å². The van der Waals surface area contributed by atoms with Crippen molar-refractivity contribution in [1.82, 2.24) is 4.90 Å². The smallest absolute Gasteiger partial charge is 0.293 e. The number of imide groups is 1. The summed E-state index contributed by atoms with van der Waals surface area (Å²) >= 11 is 6.80. The van der Waals surface area contributed by atoms with Gasteiger partial charge in [0, 0.05) is 22.7 Å². The Balaban J connectivity index is 1.52. The van der Waals surface area contributed by atoms with E-state index in [9.17, 15) is 24.1 Å². The number of rotatable bonds is 9. The van der Waals surface area contributed by atoms with Crippen LogP contribution >= 0.6 is 23.4 Å². The molecule has 8 nitrogen and oxygen atoms in total. The summed E-state index contributed by atoms with van der Waals surface area (Å²) in [4.78, 5) is 37.0. The molecule has 0 spiro atoms. The minimum absolute atomic E-state index is 0.0345. The quantitative estimate of drug-likeness (QED) is 0.170. The fraction of sp³-hybridized carbons (Fsp3) is 0.154. The number of nitro benzene ring substituents is 1. The predicted molar refractivity (Wildman–Crippen MR) is 138 cm³/mol. The molecule has 190 valence electrons. The zero-order valence-corrected chi connectivity index (χ0v) is 21.1. The van der Waals surface area contributed by atoms with Crippen LogP contribution in [0.2, 0.25) is 5.02 Å². The third-order valence-corrected chi connectivity index (χ3v) is 6.59. The molecule has 1 saturated heterocycles. The lowest BCUT2D eigenvalue weighted by Gasteiger charge is -2.14. The molecule has 0 bridgehead atoms. The maximum Gasteiger partial charge on any atom is 0.293 e. The van der Waals surface area contributed by atoms with Crippen molar-refractivity contribution in [2.24, 2.45) is 0 Å². The van der Waals surface area contributed by atoms with Gasteiger partial charge < -0.3 is 9.47 Å². The molecule has 0 unspecified atom stereocenters. The van der Waals surface area contributed by atoms with Crippen LogP contribution in [0.4, 0.5) is 14.9 Å². The van der Waals surface area contributed by atoms with Gasteiger partial charge in [-0.05, 0) is 60.2 Å². The van der Waals surface area contributed by atoms with Crippen LogP contribution in [-0.2, 0) is 17.9 Å². The standard InChI is InChI=1S/C26H20ClFN2O6S/c1-2-35-23-12-16(9-10-22(23)36-15-17-5-3-6-18(11-17)30(33)34)13-24-25(31)29(26(32)37-24)14-19-20(27)7-4-8-21(19)28/h3-13H,2,14-15H2,1H3/b24-13-. The molecule has 1 fully saturated rings. The number of thioether (sulfide) groups is 1. The molecular weight excluding hydrogens is 523 g/mol. The van der Waals surface area contributed by atoms with Gasteiger partial charge in [-0.15, -0.1) is 0 Å². The largest absolute Gasteiger partial charge is 0.490 e. The highest BCUT2D eigenvalue weighted by atomic mass is 35.5. The maximum atomic E-state index is 14.2. The Kier molecular flexibility index (Phi) is 8.10. The van der Waals surface area contributed by atoms with Crippen molar-refractivity contribution in [3.05, 3.63) is 103 Å². The molecule has 0 N–H and O–H groups in total. The Morgan fingerprint density at radius 2 is 1.86 bits per heavy atom. The lowest BCUT2D eigenvalue weighted by atomic mass is 10.1. The van der Waals surface area contributed by atoms with Gasteiger partial charge in [-0.2, -0.15) is 0 Å². The van der Waals surface area contributed by atoms with Crippen LogP contribution in [0.1, 0.15) is 23.6 Å². The number of benzene rings is 3. The van der Waals surface area contributed by atoms with Crippen molar-refractivity contribution >= 4 is 46.3 Å². The van der Waals surface area contributed by atoms with Crippen LogP contribution in [-0.4, -0.2) is 27.6 Å². The van der Waals surface area contributed by atoms with Crippen molar-refractivity contribution in [2.75, 3.05) is 6.61 Å². The lowest BCUT2D eigenvalue weighted by Crippen LogP contribution is -2.28. The number of amides is 2. The topological polar surface area (TPSA) is 99.0 Å². The zero-order valence-electron chi connectivity index (χ0n) is 19.5. The first-order chi connectivity index (χ1) is 17.8. The van der Waals surface area contributed by atoms with E-state index in [0.717, 1.165) is 16.7 Å². The summed E-state index contributed by atoms with van der Waals surface area (Å²) in [5.41, 5.74) is 1.23. The van der Waals surface area contributed by atoms with E-state index in [1.165, 1.54) is 30.3 Å². The van der Waals surface area contributed by atoms with Gasteiger partial charge in [-0.1, -0.05) is 35.9 Å². The molecule has 1 heterocycles. The Labute approximate surface area is 220 Å². The minimum Gasteiger partial charge on any atom is -0.490 e. The van der Waals surface area contributed by atoms with Crippen LogP contribution in [0.15, 0.2) is 65.6 Å². The first-order valence-electron chi connectivity index (χ1n) is 11.1. The van der Waals surface area contributed by atoms with E-state index in [1.54, 1.807) is 43.3 Å². The lowest BCUT2D eigenvalue weighted by molar-refractivity contribution is -0.384. The zero-order chi connectivity index (χ0) is 26.5. The highest BCUT2D eigenvalue weighted by Crippen LogP contribution is 2.36. The van der Waals surface area contributed by atoms with E-state index in [0.29, 0.717) is 29.2 Å². The molecule has 0 saturated carbocycles.